The molecular weight excluding hydrogens is 266 g/mol. The largest absolute Gasteiger partial charge is 0.381 e. The Morgan fingerprint density at radius 2 is 2.00 bits per heavy atom. The lowest BCUT2D eigenvalue weighted by molar-refractivity contribution is -0.160. The van der Waals surface area contributed by atoms with Crippen molar-refractivity contribution in [2.24, 2.45) is 5.92 Å². The van der Waals surface area contributed by atoms with Gasteiger partial charge < -0.3 is 19.5 Å². The summed E-state index contributed by atoms with van der Waals surface area (Å²) in [5.74, 6) is 0.613. The zero-order valence-corrected chi connectivity index (χ0v) is 14.2. The number of ether oxygens (including phenoxy) is 3. The van der Waals surface area contributed by atoms with E-state index in [2.05, 4.69) is 26.1 Å². The van der Waals surface area contributed by atoms with E-state index in [4.69, 9.17) is 14.2 Å². The minimum absolute atomic E-state index is 0.0528. The van der Waals surface area contributed by atoms with Gasteiger partial charge in [-0.1, -0.05) is 13.8 Å². The predicted molar refractivity (Wildman–Crippen MR) is 84.6 cm³/mol. The Morgan fingerprint density at radius 1 is 1.29 bits per heavy atom. The minimum Gasteiger partial charge on any atom is -0.381 e. The number of likely N-dealkylation sites (N-methyl/N-ethyl adjacent to an activating group) is 1. The molecule has 0 radical (unpaired) electrons. The first-order valence-electron chi connectivity index (χ1n) is 8.59. The molecule has 0 aromatic rings. The van der Waals surface area contributed by atoms with Crippen LogP contribution in [-0.4, -0.2) is 50.7 Å². The molecule has 4 heteroatoms. The normalized spacial score (nSPS) is 30.0. The first kappa shape index (κ1) is 17.2. The van der Waals surface area contributed by atoms with Gasteiger partial charge in [0.1, 0.15) is 0 Å². The fourth-order valence-corrected chi connectivity index (χ4v) is 4.03. The Kier molecular flexibility index (Phi) is 6.06. The lowest BCUT2D eigenvalue weighted by atomic mass is 9.73. The van der Waals surface area contributed by atoms with Gasteiger partial charge in [-0.3, -0.25) is 0 Å². The molecule has 2 fully saturated rings. The highest BCUT2D eigenvalue weighted by molar-refractivity contribution is 4.99. The van der Waals surface area contributed by atoms with E-state index in [9.17, 15) is 0 Å². The maximum atomic E-state index is 6.20. The molecule has 21 heavy (non-hydrogen) atoms. The molecule has 1 N–H and O–H groups in total. The number of hydrogen-bond acceptors (Lipinski definition) is 4. The third kappa shape index (κ3) is 3.79. The molecule has 0 bridgehead atoms. The third-order valence-electron chi connectivity index (χ3n) is 5.66. The van der Waals surface area contributed by atoms with Gasteiger partial charge in [0.2, 0.25) is 0 Å². The summed E-state index contributed by atoms with van der Waals surface area (Å²) >= 11 is 0. The second-order valence-corrected chi connectivity index (χ2v) is 6.80. The van der Waals surface area contributed by atoms with E-state index in [1.807, 2.05) is 7.11 Å². The molecule has 0 saturated carbocycles. The fourth-order valence-electron chi connectivity index (χ4n) is 4.03. The van der Waals surface area contributed by atoms with E-state index in [1.165, 1.54) is 0 Å². The second kappa shape index (κ2) is 7.40. The molecule has 1 spiro atoms. The van der Waals surface area contributed by atoms with E-state index < -0.39 is 0 Å². The van der Waals surface area contributed by atoms with Gasteiger partial charge >= 0.3 is 0 Å². The Hall–Kier alpha value is -0.160. The van der Waals surface area contributed by atoms with E-state index in [1.54, 1.807) is 0 Å². The number of hydrogen-bond donors (Lipinski definition) is 1. The summed E-state index contributed by atoms with van der Waals surface area (Å²) in [5, 5.41) is 3.70. The summed E-state index contributed by atoms with van der Waals surface area (Å²) in [7, 11) is 1.84. The van der Waals surface area contributed by atoms with Crippen LogP contribution in [0.2, 0.25) is 0 Å². The average Bonchev–Trinajstić information content (AvgIpc) is 2.52. The topological polar surface area (TPSA) is 39.7 Å². The van der Waals surface area contributed by atoms with Gasteiger partial charge in [-0.25, -0.2) is 0 Å². The molecule has 3 atom stereocenters. The number of methoxy groups -OCH3 is 1. The molecule has 2 saturated heterocycles. The van der Waals surface area contributed by atoms with Crippen molar-refractivity contribution in [1.82, 2.24) is 5.32 Å². The molecule has 124 valence electrons. The van der Waals surface area contributed by atoms with E-state index in [0.717, 1.165) is 58.5 Å². The van der Waals surface area contributed by atoms with Crippen molar-refractivity contribution >= 4 is 0 Å². The summed E-state index contributed by atoms with van der Waals surface area (Å²) in [6.07, 6.45) is 5.36. The SMILES string of the molecule is CCNC(C1CCOC2(CCOCC2)C1)C(C)(CC)OC. The molecule has 2 aliphatic heterocycles. The lowest BCUT2D eigenvalue weighted by Gasteiger charge is -2.49. The quantitative estimate of drug-likeness (QED) is 0.818. The first-order valence-corrected chi connectivity index (χ1v) is 8.59. The van der Waals surface area contributed by atoms with Crippen LogP contribution in [0, 0.1) is 5.92 Å². The van der Waals surface area contributed by atoms with Crippen LogP contribution < -0.4 is 5.32 Å². The Labute approximate surface area is 129 Å². The summed E-state index contributed by atoms with van der Waals surface area (Å²) in [6.45, 7) is 10.2. The van der Waals surface area contributed by atoms with Crippen LogP contribution in [0.15, 0.2) is 0 Å². The fraction of sp³-hybridized carbons (Fsp3) is 1.00. The molecule has 0 aromatic carbocycles. The summed E-state index contributed by atoms with van der Waals surface area (Å²) in [6, 6.07) is 0.390. The van der Waals surface area contributed by atoms with Crippen molar-refractivity contribution < 1.29 is 14.2 Å². The van der Waals surface area contributed by atoms with Gasteiger partial charge in [0, 0.05) is 33.0 Å². The van der Waals surface area contributed by atoms with Crippen molar-refractivity contribution in [3.63, 3.8) is 0 Å². The van der Waals surface area contributed by atoms with E-state index in [0.29, 0.717) is 12.0 Å². The molecule has 0 aromatic heterocycles. The highest BCUT2D eigenvalue weighted by Gasteiger charge is 2.45. The minimum atomic E-state index is -0.107. The second-order valence-electron chi connectivity index (χ2n) is 6.80. The van der Waals surface area contributed by atoms with Crippen LogP contribution in [0.4, 0.5) is 0 Å². The molecule has 2 rings (SSSR count). The Morgan fingerprint density at radius 3 is 2.57 bits per heavy atom. The van der Waals surface area contributed by atoms with Crippen LogP contribution in [0.3, 0.4) is 0 Å². The zero-order valence-electron chi connectivity index (χ0n) is 14.2. The standard InChI is InChI=1S/C17H33NO3/c1-5-16(3,19-4)15(18-6-2)14-7-10-21-17(13-14)8-11-20-12-9-17/h14-15,18H,5-13H2,1-4H3. The predicted octanol–water partition coefficient (Wildman–Crippen LogP) is 2.76. The van der Waals surface area contributed by atoms with Crippen molar-refractivity contribution in [3.8, 4) is 0 Å². The van der Waals surface area contributed by atoms with Crippen LogP contribution in [0.1, 0.15) is 52.9 Å². The average molecular weight is 299 g/mol. The summed E-state index contributed by atoms with van der Waals surface area (Å²) in [4.78, 5) is 0. The number of nitrogens with one attached hydrogen (secondary N) is 1. The van der Waals surface area contributed by atoms with Crippen LogP contribution >= 0.6 is 0 Å². The van der Waals surface area contributed by atoms with E-state index >= 15 is 0 Å². The Balaban J connectivity index is 2.12. The number of rotatable bonds is 6. The Bertz CT molecular complexity index is 306. The summed E-state index contributed by atoms with van der Waals surface area (Å²) in [5.41, 5.74) is -0.0540. The third-order valence-corrected chi connectivity index (χ3v) is 5.66. The molecule has 2 aliphatic rings. The van der Waals surface area contributed by atoms with Crippen molar-refractivity contribution in [1.29, 1.82) is 0 Å². The smallest absolute Gasteiger partial charge is 0.0803 e. The molecule has 3 unspecified atom stereocenters. The molecular formula is C17H33NO3. The van der Waals surface area contributed by atoms with E-state index in [-0.39, 0.29) is 11.2 Å². The van der Waals surface area contributed by atoms with Crippen LogP contribution in [-0.2, 0) is 14.2 Å². The monoisotopic (exact) mass is 299 g/mol. The highest BCUT2D eigenvalue weighted by atomic mass is 16.5. The van der Waals surface area contributed by atoms with Crippen LogP contribution in [0.5, 0.6) is 0 Å². The van der Waals surface area contributed by atoms with Crippen LogP contribution in [0.25, 0.3) is 0 Å². The molecule has 0 aliphatic carbocycles. The van der Waals surface area contributed by atoms with Gasteiger partial charge in [0.15, 0.2) is 0 Å². The van der Waals surface area contributed by atoms with Gasteiger partial charge in [-0.2, -0.15) is 0 Å². The van der Waals surface area contributed by atoms with Gasteiger partial charge in [0.05, 0.1) is 11.2 Å². The molecule has 2 heterocycles. The van der Waals surface area contributed by atoms with Crippen molar-refractivity contribution in [3.05, 3.63) is 0 Å². The molecule has 4 nitrogen and oxygen atoms in total. The maximum Gasteiger partial charge on any atom is 0.0803 e. The highest BCUT2D eigenvalue weighted by Crippen LogP contribution is 2.41. The van der Waals surface area contributed by atoms with Crippen molar-refractivity contribution in [2.75, 3.05) is 33.5 Å². The molecule has 0 amide bonds. The van der Waals surface area contributed by atoms with Gasteiger partial charge in [-0.15, -0.1) is 0 Å². The lowest BCUT2D eigenvalue weighted by Crippen LogP contribution is -2.57. The zero-order chi connectivity index (χ0) is 15.3. The van der Waals surface area contributed by atoms with Crippen molar-refractivity contribution in [2.45, 2.75) is 70.1 Å². The summed E-state index contributed by atoms with van der Waals surface area (Å²) < 4.78 is 17.6. The van der Waals surface area contributed by atoms with Gasteiger partial charge in [-0.05, 0) is 51.5 Å². The maximum absolute atomic E-state index is 6.20. The first-order chi connectivity index (χ1) is 10.1. The van der Waals surface area contributed by atoms with Gasteiger partial charge in [0.25, 0.3) is 0 Å².